The highest BCUT2D eigenvalue weighted by molar-refractivity contribution is 7.89. The number of aromatic nitrogens is 3. The van der Waals surface area contributed by atoms with Crippen LogP contribution in [0.15, 0.2) is 65.8 Å². The molecule has 11 heteroatoms. The largest absolute Gasteiger partial charge is 0.497 e. The Balaban J connectivity index is 1.43. The third-order valence-corrected chi connectivity index (χ3v) is 9.93. The highest BCUT2D eigenvalue weighted by Crippen LogP contribution is 2.33. The quantitative estimate of drug-likeness (QED) is 0.295. The zero-order valence-electron chi connectivity index (χ0n) is 21.5. The second kappa shape index (κ2) is 11.2. The lowest BCUT2D eigenvalue weighted by atomic mass is 10.0. The van der Waals surface area contributed by atoms with E-state index in [1.807, 2.05) is 37.4 Å². The first-order valence-electron chi connectivity index (χ1n) is 12.8. The van der Waals surface area contributed by atoms with Crippen molar-refractivity contribution < 1.29 is 17.9 Å². The van der Waals surface area contributed by atoms with E-state index in [4.69, 9.17) is 9.72 Å². The van der Waals surface area contributed by atoms with Crippen molar-refractivity contribution in [3.8, 4) is 5.75 Å². The number of sulfonamides is 1. The van der Waals surface area contributed by atoms with Crippen molar-refractivity contribution in [2.45, 2.75) is 50.1 Å². The second-order valence-electron chi connectivity index (χ2n) is 9.25. The minimum absolute atomic E-state index is 0.0190. The summed E-state index contributed by atoms with van der Waals surface area (Å²) in [6.45, 7) is 3.39. The van der Waals surface area contributed by atoms with Crippen LogP contribution in [0.2, 0.25) is 0 Å². The Morgan fingerprint density at radius 2 is 2.00 bits per heavy atom. The van der Waals surface area contributed by atoms with Gasteiger partial charge in [0.25, 0.3) is 5.91 Å². The lowest BCUT2D eigenvalue weighted by Gasteiger charge is -2.34. The molecule has 2 aromatic heterocycles. The predicted octanol–water partition coefficient (Wildman–Crippen LogP) is 4.80. The van der Waals surface area contributed by atoms with Gasteiger partial charge in [-0.3, -0.25) is 14.4 Å². The summed E-state index contributed by atoms with van der Waals surface area (Å²) in [5.74, 6) is 0.467. The van der Waals surface area contributed by atoms with Crippen LogP contribution in [0.25, 0.3) is 10.2 Å². The maximum Gasteiger partial charge on any atom is 0.260 e. The summed E-state index contributed by atoms with van der Waals surface area (Å²) < 4.78 is 36.4. The maximum absolute atomic E-state index is 13.7. The molecule has 0 spiro atoms. The number of hydrogen-bond acceptors (Lipinski definition) is 7. The molecule has 2 aromatic carbocycles. The van der Waals surface area contributed by atoms with Gasteiger partial charge in [-0.1, -0.05) is 24.7 Å². The Morgan fingerprint density at radius 3 is 2.71 bits per heavy atom. The molecule has 0 radical (unpaired) electrons. The molecule has 5 rings (SSSR count). The van der Waals surface area contributed by atoms with Crippen LogP contribution in [0.5, 0.6) is 5.75 Å². The van der Waals surface area contributed by atoms with Crippen molar-refractivity contribution in [1.82, 2.24) is 19.1 Å². The van der Waals surface area contributed by atoms with Crippen molar-refractivity contribution in [2.24, 2.45) is 0 Å². The average Bonchev–Trinajstić information content (AvgIpc) is 3.62. The molecule has 38 heavy (non-hydrogen) atoms. The van der Waals surface area contributed by atoms with Gasteiger partial charge in [0.2, 0.25) is 10.0 Å². The third kappa shape index (κ3) is 5.31. The Labute approximate surface area is 226 Å². The molecule has 0 N–H and O–H groups in total. The molecule has 1 aliphatic rings. The first-order chi connectivity index (χ1) is 18.4. The number of carbonyl (C=O) groups is 1. The number of ether oxygens (including phenoxy) is 1. The Hall–Kier alpha value is -3.28. The van der Waals surface area contributed by atoms with E-state index in [-0.39, 0.29) is 16.8 Å². The van der Waals surface area contributed by atoms with Crippen molar-refractivity contribution >= 4 is 42.6 Å². The fourth-order valence-electron chi connectivity index (χ4n) is 4.81. The Morgan fingerprint density at radius 1 is 1.18 bits per heavy atom. The minimum atomic E-state index is -3.63. The third-order valence-electron chi connectivity index (χ3n) is 6.92. The number of benzene rings is 2. The van der Waals surface area contributed by atoms with Gasteiger partial charge in [0.15, 0.2) is 5.13 Å². The molecule has 1 amide bonds. The lowest BCUT2D eigenvalue weighted by molar-refractivity contribution is 0.0985. The van der Waals surface area contributed by atoms with E-state index in [2.05, 4.69) is 5.10 Å². The topological polar surface area (TPSA) is 97.6 Å². The number of carbonyl (C=O) groups excluding carboxylic acids is 1. The zero-order chi connectivity index (χ0) is 26.7. The van der Waals surface area contributed by atoms with E-state index >= 15 is 0 Å². The van der Waals surface area contributed by atoms with Gasteiger partial charge in [0.05, 0.1) is 28.8 Å². The number of piperidine rings is 1. The van der Waals surface area contributed by atoms with Crippen molar-refractivity contribution in [1.29, 1.82) is 0 Å². The molecule has 4 aromatic rings. The van der Waals surface area contributed by atoms with E-state index in [0.717, 1.165) is 41.6 Å². The Kier molecular flexibility index (Phi) is 7.78. The number of anilines is 1. The van der Waals surface area contributed by atoms with Gasteiger partial charge in [-0.15, -0.1) is 0 Å². The Bertz CT molecular complexity index is 1500. The standard InChI is InChI=1S/C27H31N5O4S2/c1-3-21-7-4-5-16-32(21)38(34,35)23-11-8-20(9-12-23)26(33)31(18-17-30-15-6-14-28-30)27-29-24-13-10-22(36-2)19-25(24)37-27/h6,8-15,19,21H,3-5,7,16-18H2,1-2H3. The molecule has 0 aliphatic carbocycles. The molecule has 0 saturated carbocycles. The summed E-state index contributed by atoms with van der Waals surface area (Å²) in [6, 6.07) is 13.7. The number of fused-ring (bicyclic) bond motifs is 1. The predicted molar refractivity (Wildman–Crippen MR) is 148 cm³/mol. The first-order valence-corrected chi connectivity index (χ1v) is 15.0. The van der Waals surface area contributed by atoms with E-state index in [1.165, 1.54) is 11.3 Å². The summed E-state index contributed by atoms with van der Waals surface area (Å²) >= 11 is 1.41. The van der Waals surface area contributed by atoms with Crippen LogP contribution in [0, 0.1) is 0 Å². The summed E-state index contributed by atoms with van der Waals surface area (Å²) in [4.78, 5) is 20.3. The maximum atomic E-state index is 13.7. The summed E-state index contributed by atoms with van der Waals surface area (Å²) in [6.07, 6.45) is 7.12. The zero-order valence-corrected chi connectivity index (χ0v) is 23.1. The van der Waals surface area contributed by atoms with Crippen molar-refractivity contribution in [2.75, 3.05) is 25.1 Å². The summed E-state index contributed by atoms with van der Waals surface area (Å²) in [5.41, 5.74) is 1.17. The molecule has 1 fully saturated rings. The van der Waals surface area contributed by atoms with Gasteiger partial charge >= 0.3 is 0 Å². The van der Waals surface area contributed by atoms with Gasteiger partial charge in [-0.2, -0.15) is 9.40 Å². The molecule has 1 saturated heterocycles. The van der Waals surface area contributed by atoms with E-state index < -0.39 is 10.0 Å². The van der Waals surface area contributed by atoms with E-state index in [0.29, 0.717) is 30.3 Å². The molecule has 9 nitrogen and oxygen atoms in total. The molecule has 1 aliphatic heterocycles. The van der Waals surface area contributed by atoms with Crippen molar-refractivity contribution in [3.05, 3.63) is 66.5 Å². The van der Waals surface area contributed by atoms with Gasteiger partial charge in [-0.05, 0) is 67.8 Å². The number of nitrogens with zero attached hydrogens (tertiary/aromatic N) is 5. The summed E-state index contributed by atoms with van der Waals surface area (Å²) in [7, 11) is -2.02. The minimum Gasteiger partial charge on any atom is -0.497 e. The van der Waals surface area contributed by atoms with Gasteiger partial charge in [0.1, 0.15) is 5.75 Å². The number of amides is 1. The fraction of sp³-hybridized carbons (Fsp3) is 0.370. The van der Waals surface area contributed by atoms with Crippen LogP contribution in [-0.2, 0) is 16.6 Å². The van der Waals surface area contributed by atoms with Gasteiger partial charge < -0.3 is 4.74 Å². The van der Waals surface area contributed by atoms with Crippen LogP contribution in [0.1, 0.15) is 43.0 Å². The van der Waals surface area contributed by atoms with E-state index in [9.17, 15) is 13.2 Å². The molecule has 3 heterocycles. The van der Waals surface area contributed by atoms with E-state index in [1.54, 1.807) is 51.5 Å². The van der Waals surface area contributed by atoms with Crippen LogP contribution >= 0.6 is 11.3 Å². The number of hydrogen-bond donors (Lipinski definition) is 0. The smallest absolute Gasteiger partial charge is 0.260 e. The second-order valence-corrected chi connectivity index (χ2v) is 12.2. The van der Waals surface area contributed by atoms with Crippen LogP contribution in [0.3, 0.4) is 0 Å². The number of rotatable bonds is 9. The highest BCUT2D eigenvalue weighted by atomic mass is 32.2. The first kappa shape index (κ1) is 26.3. The van der Waals surface area contributed by atoms with Crippen LogP contribution < -0.4 is 9.64 Å². The molecule has 1 unspecified atom stereocenters. The molecular weight excluding hydrogens is 522 g/mol. The monoisotopic (exact) mass is 553 g/mol. The van der Waals surface area contributed by atoms with Crippen LogP contribution in [0.4, 0.5) is 5.13 Å². The van der Waals surface area contributed by atoms with Gasteiger partial charge in [-0.25, -0.2) is 13.4 Å². The number of thiazole rings is 1. The molecule has 1 atom stereocenters. The SMILES string of the molecule is CCC1CCCCN1S(=O)(=O)c1ccc(C(=O)N(CCn2cccn2)c2nc3ccc(OC)cc3s2)cc1. The summed E-state index contributed by atoms with van der Waals surface area (Å²) in [5, 5.41) is 4.81. The van der Waals surface area contributed by atoms with Crippen LogP contribution in [-0.4, -0.2) is 59.6 Å². The molecular formula is C27H31N5O4S2. The molecule has 0 bridgehead atoms. The fourth-order valence-corrected chi connectivity index (χ4v) is 7.60. The normalized spacial score (nSPS) is 16.5. The number of methoxy groups -OCH3 is 1. The van der Waals surface area contributed by atoms with Crippen molar-refractivity contribution in [3.63, 3.8) is 0 Å². The molecule has 200 valence electrons. The van der Waals surface area contributed by atoms with Gasteiger partial charge in [0, 0.05) is 37.1 Å². The highest BCUT2D eigenvalue weighted by Gasteiger charge is 2.32. The lowest BCUT2D eigenvalue weighted by Crippen LogP contribution is -2.43. The average molecular weight is 554 g/mol.